The Kier molecular flexibility index (Phi) is 7.05. The Labute approximate surface area is 152 Å². The van der Waals surface area contributed by atoms with Crippen LogP contribution in [0.2, 0.25) is 0 Å². The molecule has 2 N–H and O–H groups in total. The molecule has 2 heterocycles. The summed E-state index contributed by atoms with van der Waals surface area (Å²) in [6.45, 7) is 12.7. The van der Waals surface area contributed by atoms with E-state index in [2.05, 4.69) is 54.3 Å². The van der Waals surface area contributed by atoms with Crippen molar-refractivity contribution in [3.8, 4) is 0 Å². The largest absolute Gasteiger partial charge is 0.363 e. The second-order valence-electron chi connectivity index (χ2n) is 7.39. The standard InChI is InChI=1S/C19H34N6/c1-7-20-19(23-17-13-25(14(2)3)12-15(17)4)22-11-16-8-9-21-18(10-16)24(5)6/h8-10,14-15,17H,7,11-13H2,1-6H3,(H2,20,22,23). The molecule has 2 rings (SSSR count). The molecule has 2 unspecified atom stereocenters. The molecule has 1 saturated heterocycles. The van der Waals surface area contributed by atoms with Gasteiger partial charge in [-0.2, -0.15) is 0 Å². The number of guanidine groups is 1. The van der Waals surface area contributed by atoms with Crippen molar-refractivity contribution < 1.29 is 0 Å². The van der Waals surface area contributed by atoms with Crippen LogP contribution in [-0.4, -0.2) is 61.7 Å². The Bertz CT molecular complexity index is 569. The molecular formula is C19H34N6. The summed E-state index contributed by atoms with van der Waals surface area (Å²) in [5, 5.41) is 7.01. The Morgan fingerprint density at radius 2 is 2.16 bits per heavy atom. The molecule has 1 aliphatic heterocycles. The van der Waals surface area contributed by atoms with Gasteiger partial charge in [0.2, 0.25) is 0 Å². The van der Waals surface area contributed by atoms with Crippen LogP contribution in [0.5, 0.6) is 0 Å². The van der Waals surface area contributed by atoms with Crippen LogP contribution in [0.25, 0.3) is 0 Å². The van der Waals surface area contributed by atoms with Crippen molar-refractivity contribution in [2.45, 2.75) is 46.3 Å². The first-order valence-corrected chi connectivity index (χ1v) is 9.31. The van der Waals surface area contributed by atoms with Gasteiger partial charge >= 0.3 is 0 Å². The average Bonchev–Trinajstić information content (AvgIpc) is 2.94. The number of aliphatic imine (C=N–C) groups is 1. The summed E-state index contributed by atoms with van der Waals surface area (Å²) in [5.74, 6) is 2.48. The molecule has 6 heteroatoms. The molecule has 0 aromatic carbocycles. The maximum Gasteiger partial charge on any atom is 0.191 e. The van der Waals surface area contributed by atoms with Crippen LogP contribution in [0.1, 0.15) is 33.3 Å². The minimum Gasteiger partial charge on any atom is -0.363 e. The van der Waals surface area contributed by atoms with Gasteiger partial charge in [0.25, 0.3) is 0 Å². The van der Waals surface area contributed by atoms with Crippen LogP contribution in [0.3, 0.4) is 0 Å². The van der Waals surface area contributed by atoms with Crippen LogP contribution >= 0.6 is 0 Å². The van der Waals surface area contributed by atoms with Gasteiger partial charge in [0, 0.05) is 52.0 Å². The molecule has 0 bridgehead atoms. The Morgan fingerprint density at radius 3 is 2.76 bits per heavy atom. The molecule has 2 atom stereocenters. The fourth-order valence-corrected chi connectivity index (χ4v) is 3.08. The van der Waals surface area contributed by atoms with E-state index in [9.17, 15) is 0 Å². The van der Waals surface area contributed by atoms with E-state index in [-0.39, 0.29) is 0 Å². The topological polar surface area (TPSA) is 55.8 Å². The molecule has 25 heavy (non-hydrogen) atoms. The molecule has 1 aliphatic rings. The average molecular weight is 347 g/mol. The van der Waals surface area contributed by atoms with Crippen molar-refractivity contribution in [3.05, 3.63) is 23.9 Å². The third-order valence-corrected chi connectivity index (χ3v) is 4.73. The molecule has 0 saturated carbocycles. The molecule has 6 nitrogen and oxygen atoms in total. The first kappa shape index (κ1) is 19.5. The van der Waals surface area contributed by atoms with Crippen LogP contribution in [-0.2, 0) is 6.54 Å². The van der Waals surface area contributed by atoms with E-state index in [4.69, 9.17) is 4.99 Å². The van der Waals surface area contributed by atoms with Crippen molar-refractivity contribution in [2.75, 3.05) is 38.6 Å². The number of hydrogen-bond donors (Lipinski definition) is 2. The number of likely N-dealkylation sites (tertiary alicyclic amines) is 1. The summed E-state index contributed by atoms with van der Waals surface area (Å²) in [7, 11) is 4.01. The fraction of sp³-hybridized carbons (Fsp3) is 0.684. The molecule has 1 aromatic heterocycles. The highest BCUT2D eigenvalue weighted by atomic mass is 15.3. The smallest absolute Gasteiger partial charge is 0.191 e. The van der Waals surface area contributed by atoms with E-state index in [1.54, 1.807) is 0 Å². The highest BCUT2D eigenvalue weighted by molar-refractivity contribution is 5.80. The molecule has 0 spiro atoms. The van der Waals surface area contributed by atoms with E-state index in [1.807, 2.05) is 31.3 Å². The van der Waals surface area contributed by atoms with Crippen molar-refractivity contribution in [1.29, 1.82) is 0 Å². The molecule has 0 aliphatic carbocycles. The summed E-state index contributed by atoms with van der Waals surface area (Å²) < 4.78 is 0. The van der Waals surface area contributed by atoms with Gasteiger partial charge in [0.05, 0.1) is 6.54 Å². The number of nitrogens with zero attached hydrogens (tertiary/aromatic N) is 4. The number of aromatic nitrogens is 1. The molecular weight excluding hydrogens is 312 g/mol. The van der Waals surface area contributed by atoms with Gasteiger partial charge in [-0.1, -0.05) is 6.92 Å². The van der Waals surface area contributed by atoms with Gasteiger partial charge in [-0.3, -0.25) is 4.90 Å². The molecule has 0 amide bonds. The van der Waals surface area contributed by atoms with Crippen LogP contribution < -0.4 is 15.5 Å². The number of rotatable bonds is 6. The van der Waals surface area contributed by atoms with Crippen LogP contribution in [0.4, 0.5) is 5.82 Å². The predicted octanol–water partition coefficient (Wildman–Crippen LogP) is 1.93. The molecule has 1 fully saturated rings. The minimum atomic E-state index is 0.440. The SMILES string of the molecule is CCNC(=NCc1ccnc(N(C)C)c1)NC1CN(C(C)C)CC1C. The van der Waals surface area contributed by atoms with Gasteiger partial charge in [0.1, 0.15) is 5.82 Å². The van der Waals surface area contributed by atoms with E-state index < -0.39 is 0 Å². The zero-order chi connectivity index (χ0) is 18.4. The zero-order valence-corrected chi connectivity index (χ0v) is 16.6. The second-order valence-corrected chi connectivity index (χ2v) is 7.39. The maximum atomic E-state index is 4.78. The van der Waals surface area contributed by atoms with E-state index in [0.29, 0.717) is 24.5 Å². The Hall–Kier alpha value is -1.82. The van der Waals surface area contributed by atoms with Crippen molar-refractivity contribution in [1.82, 2.24) is 20.5 Å². The first-order valence-electron chi connectivity index (χ1n) is 9.31. The summed E-state index contributed by atoms with van der Waals surface area (Å²) in [6.07, 6.45) is 1.85. The third kappa shape index (κ3) is 5.59. The monoisotopic (exact) mass is 346 g/mol. The second kappa shape index (κ2) is 9.04. The quantitative estimate of drug-likeness (QED) is 0.609. The lowest BCUT2D eigenvalue weighted by molar-refractivity contribution is 0.265. The van der Waals surface area contributed by atoms with E-state index in [1.165, 1.54) is 5.56 Å². The number of anilines is 1. The highest BCUT2D eigenvalue weighted by Gasteiger charge is 2.31. The van der Waals surface area contributed by atoms with Gasteiger partial charge in [0.15, 0.2) is 5.96 Å². The van der Waals surface area contributed by atoms with Crippen LogP contribution in [0, 0.1) is 5.92 Å². The summed E-state index contributed by atoms with van der Waals surface area (Å²) >= 11 is 0. The number of nitrogens with one attached hydrogen (secondary N) is 2. The van der Waals surface area contributed by atoms with E-state index >= 15 is 0 Å². The summed E-state index contributed by atoms with van der Waals surface area (Å²) in [4.78, 5) is 13.7. The number of pyridine rings is 1. The van der Waals surface area contributed by atoms with Gasteiger partial charge in [-0.25, -0.2) is 9.98 Å². The van der Waals surface area contributed by atoms with Gasteiger partial charge in [-0.05, 0) is 44.4 Å². The normalized spacial score (nSPS) is 21.6. The lowest BCUT2D eigenvalue weighted by atomic mass is 10.1. The lowest BCUT2D eigenvalue weighted by Crippen LogP contribution is -2.46. The third-order valence-electron chi connectivity index (χ3n) is 4.73. The number of hydrogen-bond acceptors (Lipinski definition) is 4. The maximum absolute atomic E-state index is 4.78. The van der Waals surface area contributed by atoms with Crippen molar-refractivity contribution >= 4 is 11.8 Å². The lowest BCUT2D eigenvalue weighted by Gasteiger charge is -2.22. The van der Waals surface area contributed by atoms with Crippen LogP contribution in [0.15, 0.2) is 23.3 Å². The zero-order valence-electron chi connectivity index (χ0n) is 16.6. The molecule has 0 radical (unpaired) electrons. The molecule has 1 aromatic rings. The van der Waals surface area contributed by atoms with Gasteiger partial charge < -0.3 is 15.5 Å². The predicted molar refractivity (Wildman–Crippen MR) is 106 cm³/mol. The van der Waals surface area contributed by atoms with Gasteiger partial charge in [-0.15, -0.1) is 0 Å². The Balaban J connectivity index is 2.02. The van der Waals surface area contributed by atoms with Crippen molar-refractivity contribution in [3.63, 3.8) is 0 Å². The first-order chi connectivity index (χ1) is 11.9. The fourth-order valence-electron chi connectivity index (χ4n) is 3.08. The summed E-state index contributed by atoms with van der Waals surface area (Å²) in [6, 6.07) is 5.15. The Morgan fingerprint density at radius 1 is 1.40 bits per heavy atom. The van der Waals surface area contributed by atoms with Crippen molar-refractivity contribution in [2.24, 2.45) is 10.9 Å². The molecule has 140 valence electrons. The highest BCUT2D eigenvalue weighted by Crippen LogP contribution is 2.18. The minimum absolute atomic E-state index is 0.440. The summed E-state index contributed by atoms with van der Waals surface area (Å²) in [5.41, 5.74) is 1.17. The van der Waals surface area contributed by atoms with E-state index in [0.717, 1.165) is 31.4 Å².